The third-order valence-corrected chi connectivity index (χ3v) is 5.24. The lowest BCUT2D eigenvalue weighted by atomic mass is 10.0. The molecule has 25 heavy (non-hydrogen) atoms. The molecule has 0 saturated heterocycles. The van der Waals surface area contributed by atoms with Crippen molar-refractivity contribution < 1.29 is 9.90 Å². The zero-order valence-electron chi connectivity index (χ0n) is 14.7. The SMILES string of the molecule is Cc1ccc(-c2c(C)sc3ncnc(NC(C(=O)O)C(C)C)c23)cc1. The van der Waals surface area contributed by atoms with E-state index in [4.69, 9.17) is 0 Å². The Morgan fingerprint density at radius 1 is 1.16 bits per heavy atom. The standard InChI is InChI=1S/C19H21N3O2S/c1-10(2)16(19(23)24)22-17-15-14(13-7-5-11(3)6-8-13)12(4)25-18(15)21-9-20-17/h5-10,16H,1-4H3,(H,23,24)(H,20,21,22). The Hall–Kier alpha value is -2.47. The second-order valence-electron chi connectivity index (χ2n) is 6.51. The quantitative estimate of drug-likeness (QED) is 0.705. The smallest absolute Gasteiger partial charge is 0.326 e. The van der Waals surface area contributed by atoms with Crippen molar-refractivity contribution in [2.75, 3.05) is 5.32 Å². The first-order valence-corrected chi connectivity index (χ1v) is 9.00. The Labute approximate surface area is 150 Å². The average molecular weight is 355 g/mol. The number of hydrogen-bond donors (Lipinski definition) is 2. The van der Waals surface area contributed by atoms with Crippen LogP contribution in [0.4, 0.5) is 5.82 Å². The molecule has 2 aromatic heterocycles. The van der Waals surface area contributed by atoms with Gasteiger partial charge in [0, 0.05) is 10.4 Å². The van der Waals surface area contributed by atoms with Crippen LogP contribution in [0.3, 0.4) is 0 Å². The summed E-state index contributed by atoms with van der Waals surface area (Å²) in [4.78, 5) is 22.3. The van der Waals surface area contributed by atoms with Crippen LogP contribution in [0.1, 0.15) is 24.3 Å². The van der Waals surface area contributed by atoms with Crippen LogP contribution >= 0.6 is 11.3 Å². The van der Waals surface area contributed by atoms with E-state index in [2.05, 4.69) is 53.4 Å². The first kappa shape index (κ1) is 17.4. The maximum Gasteiger partial charge on any atom is 0.326 e. The highest BCUT2D eigenvalue weighted by Crippen LogP contribution is 2.40. The molecular weight excluding hydrogens is 334 g/mol. The lowest BCUT2D eigenvalue weighted by Gasteiger charge is -2.19. The summed E-state index contributed by atoms with van der Waals surface area (Å²) >= 11 is 1.60. The van der Waals surface area contributed by atoms with Crippen molar-refractivity contribution in [2.24, 2.45) is 5.92 Å². The van der Waals surface area contributed by atoms with Crippen LogP contribution < -0.4 is 5.32 Å². The van der Waals surface area contributed by atoms with E-state index >= 15 is 0 Å². The number of aromatic nitrogens is 2. The lowest BCUT2D eigenvalue weighted by Crippen LogP contribution is -2.34. The number of hydrogen-bond acceptors (Lipinski definition) is 5. The highest BCUT2D eigenvalue weighted by molar-refractivity contribution is 7.19. The number of rotatable bonds is 5. The summed E-state index contributed by atoms with van der Waals surface area (Å²) in [5, 5.41) is 13.5. The summed E-state index contributed by atoms with van der Waals surface area (Å²) in [6.07, 6.45) is 1.48. The molecule has 0 aliphatic rings. The van der Waals surface area contributed by atoms with Crippen molar-refractivity contribution in [3.8, 4) is 11.1 Å². The van der Waals surface area contributed by atoms with E-state index < -0.39 is 12.0 Å². The molecule has 0 bridgehead atoms. The molecule has 2 N–H and O–H groups in total. The Kier molecular flexibility index (Phi) is 4.72. The fourth-order valence-electron chi connectivity index (χ4n) is 2.88. The normalized spacial score (nSPS) is 12.5. The zero-order valence-corrected chi connectivity index (χ0v) is 15.5. The van der Waals surface area contributed by atoms with E-state index in [9.17, 15) is 9.90 Å². The highest BCUT2D eigenvalue weighted by atomic mass is 32.1. The summed E-state index contributed by atoms with van der Waals surface area (Å²) in [5.74, 6) is -0.373. The number of anilines is 1. The Bertz CT molecular complexity index is 916. The molecule has 1 unspecified atom stereocenters. The fraction of sp³-hybridized carbons (Fsp3) is 0.316. The third kappa shape index (κ3) is 3.35. The van der Waals surface area contributed by atoms with E-state index in [0.717, 1.165) is 26.2 Å². The van der Waals surface area contributed by atoms with Gasteiger partial charge < -0.3 is 10.4 Å². The fourth-order valence-corrected chi connectivity index (χ4v) is 3.89. The highest BCUT2D eigenvalue weighted by Gasteiger charge is 2.24. The second-order valence-corrected chi connectivity index (χ2v) is 7.71. The number of fused-ring (bicyclic) bond motifs is 1. The van der Waals surface area contributed by atoms with Gasteiger partial charge in [0.05, 0.1) is 5.39 Å². The molecule has 130 valence electrons. The minimum atomic E-state index is -0.884. The van der Waals surface area contributed by atoms with E-state index in [1.807, 2.05) is 13.8 Å². The van der Waals surface area contributed by atoms with Crippen molar-refractivity contribution in [1.29, 1.82) is 0 Å². The van der Waals surface area contributed by atoms with Crippen LogP contribution in [-0.2, 0) is 4.79 Å². The van der Waals surface area contributed by atoms with Gasteiger partial charge in [-0.05, 0) is 25.3 Å². The van der Waals surface area contributed by atoms with Crippen molar-refractivity contribution in [3.63, 3.8) is 0 Å². The molecular formula is C19H21N3O2S. The first-order chi connectivity index (χ1) is 11.9. The molecule has 6 heteroatoms. The number of carbonyl (C=O) groups is 1. The van der Waals surface area contributed by atoms with Gasteiger partial charge in [-0.15, -0.1) is 11.3 Å². The molecule has 0 aliphatic heterocycles. The zero-order chi connectivity index (χ0) is 18.1. The summed E-state index contributed by atoms with van der Waals surface area (Å²) in [5.41, 5.74) is 3.35. The minimum absolute atomic E-state index is 0.0647. The van der Waals surface area contributed by atoms with Crippen LogP contribution in [0.15, 0.2) is 30.6 Å². The van der Waals surface area contributed by atoms with Crippen LogP contribution in [-0.4, -0.2) is 27.1 Å². The van der Waals surface area contributed by atoms with Gasteiger partial charge in [-0.25, -0.2) is 14.8 Å². The van der Waals surface area contributed by atoms with E-state index in [0.29, 0.717) is 5.82 Å². The number of carboxylic acid groups (broad SMARTS) is 1. The van der Waals surface area contributed by atoms with Crippen LogP contribution in [0.2, 0.25) is 0 Å². The number of thiophene rings is 1. The molecule has 0 amide bonds. The van der Waals surface area contributed by atoms with Gasteiger partial charge in [0.1, 0.15) is 23.0 Å². The van der Waals surface area contributed by atoms with E-state index in [1.54, 1.807) is 11.3 Å². The van der Waals surface area contributed by atoms with Gasteiger partial charge in [-0.3, -0.25) is 0 Å². The van der Waals surface area contributed by atoms with Crippen molar-refractivity contribution in [2.45, 2.75) is 33.7 Å². The minimum Gasteiger partial charge on any atom is -0.480 e. The topological polar surface area (TPSA) is 75.1 Å². The average Bonchev–Trinajstić information content (AvgIpc) is 2.89. The molecule has 0 fully saturated rings. The predicted molar refractivity (Wildman–Crippen MR) is 102 cm³/mol. The molecule has 5 nitrogen and oxygen atoms in total. The van der Waals surface area contributed by atoms with Gasteiger partial charge in [0.25, 0.3) is 0 Å². The second kappa shape index (κ2) is 6.80. The van der Waals surface area contributed by atoms with Gasteiger partial charge in [-0.2, -0.15) is 0 Å². The molecule has 3 aromatic rings. The number of aliphatic carboxylic acids is 1. The number of aryl methyl sites for hydroxylation is 2. The molecule has 0 spiro atoms. The summed E-state index contributed by atoms with van der Waals surface area (Å²) in [7, 11) is 0. The van der Waals surface area contributed by atoms with Crippen LogP contribution in [0.25, 0.3) is 21.3 Å². The van der Waals surface area contributed by atoms with Crippen molar-refractivity contribution in [3.05, 3.63) is 41.0 Å². The maximum atomic E-state index is 11.6. The third-order valence-electron chi connectivity index (χ3n) is 4.23. The van der Waals surface area contributed by atoms with E-state index in [-0.39, 0.29) is 5.92 Å². The summed E-state index contributed by atoms with van der Waals surface area (Å²) in [6, 6.07) is 7.60. The molecule has 0 radical (unpaired) electrons. The number of nitrogens with zero attached hydrogens (tertiary/aromatic N) is 2. The Morgan fingerprint density at radius 2 is 1.84 bits per heavy atom. The monoisotopic (exact) mass is 355 g/mol. The van der Waals surface area contributed by atoms with Crippen LogP contribution in [0, 0.1) is 19.8 Å². The Morgan fingerprint density at radius 3 is 2.44 bits per heavy atom. The summed E-state index contributed by atoms with van der Waals surface area (Å²) in [6.45, 7) is 7.87. The number of nitrogens with one attached hydrogen (secondary N) is 1. The molecule has 3 rings (SSSR count). The molecule has 1 aromatic carbocycles. The number of carboxylic acids is 1. The van der Waals surface area contributed by atoms with Crippen molar-refractivity contribution in [1.82, 2.24) is 9.97 Å². The van der Waals surface area contributed by atoms with Gasteiger partial charge in [-0.1, -0.05) is 43.7 Å². The predicted octanol–water partition coefficient (Wildman–Crippen LogP) is 4.50. The Balaban J connectivity index is 2.17. The molecule has 0 saturated carbocycles. The lowest BCUT2D eigenvalue weighted by molar-refractivity contribution is -0.138. The largest absolute Gasteiger partial charge is 0.480 e. The molecule has 0 aliphatic carbocycles. The summed E-state index contributed by atoms with van der Waals surface area (Å²) < 4.78 is 0. The maximum absolute atomic E-state index is 11.6. The van der Waals surface area contributed by atoms with Gasteiger partial charge in [0.2, 0.25) is 0 Å². The number of benzene rings is 1. The van der Waals surface area contributed by atoms with Crippen LogP contribution in [0.5, 0.6) is 0 Å². The first-order valence-electron chi connectivity index (χ1n) is 8.19. The van der Waals surface area contributed by atoms with Gasteiger partial charge >= 0.3 is 5.97 Å². The molecule has 1 atom stereocenters. The van der Waals surface area contributed by atoms with E-state index in [1.165, 1.54) is 11.9 Å². The molecule has 2 heterocycles. The van der Waals surface area contributed by atoms with Crippen molar-refractivity contribution >= 4 is 33.3 Å². The van der Waals surface area contributed by atoms with Gasteiger partial charge in [0.15, 0.2) is 0 Å².